The third kappa shape index (κ3) is 1.68. The third-order valence-corrected chi connectivity index (χ3v) is 5.09. The van der Waals surface area contributed by atoms with Crippen LogP contribution in [-0.2, 0) is 0 Å². The first-order valence-electron chi connectivity index (χ1n) is 8.26. The van der Waals surface area contributed by atoms with Gasteiger partial charge in [-0.15, -0.1) is 0 Å². The quantitative estimate of drug-likeness (QED) is 0.460. The minimum absolute atomic E-state index is 0.0367. The number of fused-ring (bicyclic) bond motifs is 7. The molecule has 0 bridgehead atoms. The zero-order valence-electron chi connectivity index (χ0n) is 13.7. The highest BCUT2D eigenvalue weighted by Gasteiger charge is 2.30. The Labute approximate surface area is 140 Å². The van der Waals surface area contributed by atoms with Crippen molar-refractivity contribution in [1.29, 1.82) is 0 Å². The van der Waals surface area contributed by atoms with Gasteiger partial charge in [-0.25, -0.2) is 0 Å². The van der Waals surface area contributed by atoms with E-state index in [9.17, 15) is 4.79 Å². The Morgan fingerprint density at radius 1 is 0.875 bits per heavy atom. The van der Waals surface area contributed by atoms with Crippen molar-refractivity contribution in [1.82, 2.24) is 4.98 Å². The van der Waals surface area contributed by atoms with Crippen molar-refractivity contribution in [3.05, 3.63) is 70.9 Å². The lowest BCUT2D eigenvalue weighted by molar-refractivity contribution is 0.104. The Balaban J connectivity index is 1.83. The summed E-state index contributed by atoms with van der Waals surface area (Å²) in [6.07, 6.45) is 8.72. The fourth-order valence-corrected chi connectivity index (χ4v) is 3.78. The molecule has 3 aromatic rings. The molecule has 0 saturated carbocycles. The molecule has 0 spiro atoms. The van der Waals surface area contributed by atoms with E-state index in [2.05, 4.69) is 55.3 Å². The molecule has 2 aliphatic carbocycles. The van der Waals surface area contributed by atoms with Crippen LogP contribution < -0.4 is 0 Å². The lowest BCUT2D eigenvalue weighted by Gasteiger charge is -2.12. The minimum Gasteiger partial charge on any atom is -0.354 e. The van der Waals surface area contributed by atoms with E-state index in [0.29, 0.717) is 0 Å². The maximum atomic E-state index is 12.9. The monoisotopic (exact) mass is 311 g/mol. The number of hydrogen-bond acceptors (Lipinski definition) is 1. The van der Waals surface area contributed by atoms with Gasteiger partial charge < -0.3 is 4.98 Å². The van der Waals surface area contributed by atoms with Gasteiger partial charge in [-0.1, -0.05) is 68.5 Å². The first-order valence-corrected chi connectivity index (χ1v) is 8.26. The van der Waals surface area contributed by atoms with Crippen LogP contribution in [0, 0.1) is 5.41 Å². The van der Waals surface area contributed by atoms with Gasteiger partial charge >= 0.3 is 0 Å². The van der Waals surface area contributed by atoms with Gasteiger partial charge in [0.2, 0.25) is 0 Å². The van der Waals surface area contributed by atoms with Crippen LogP contribution in [-0.4, -0.2) is 10.8 Å². The Morgan fingerprint density at radius 2 is 1.62 bits per heavy atom. The van der Waals surface area contributed by atoms with Gasteiger partial charge in [-0.2, -0.15) is 0 Å². The van der Waals surface area contributed by atoms with E-state index < -0.39 is 0 Å². The molecule has 0 unspecified atom stereocenters. The SMILES string of the molecule is CC1(C)C=Cc2[nH]c3c4c(ccc3c2C=C1)-c1ccccc1C4=O. The second kappa shape index (κ2) is 4.35. The minimum atomic E-state index is 0.0367. The second-order valence-electron chi connectivity index (χ2n) is 7.23. The fraction of sp³-hybridized carbons (Fsp3) is 0.136. The van der Waals surface area contributed by atoms with Gasteiger partial charge in [-0.3, -0.25) is 4.79 Å². The van der Waals surface area contributed by atoms with Crippen molar-refractivity contribution in [2.24, 2.45) is 5.41 Å². The molecule has 116 valence electrons. The maximum Gasteiger partial charge on any atom is 0.196 e. The zero-order chi connectivity index (χ0) is 16.5. The molecule has 0 amide bonds. The van der Waals surface area contributed by atoms with Gasteiger partial charge in [0, 0.05) is 27.6 Å². The van der Waals surface area contributed by atoms with Gasteiger partial charge in [0.05, 0.1) is 11.1 Å². The molecule has 2 nitrogen and oxygen atoms in total. The Morgan fingerprint density at radius 3 is 2.46 bits per heavy atom. The van der Waals surface area contributed by atoms with E-state index in [0.717, 1.165) is 38.9 Å². The molecule has 0 saturated heterocycles. The third-order valence-electron chi connectivity index (χ3n) is 5.09. The number of rotatable bonds is 0. The molecule has 2 aliphatic rings. The van der Waals surface area contributed by atoms with Crippen LogP contribution in [0.4, 0.5) is 0 Å². The highest BCUT2D eigenvalue weighted by molar-refractivity contribution is 6.27. The number of aromatic nitrogens is 1. The summed E-state index contributed by atoms with van der Waals surface area (Å²) >= 11 is 0. The maximum absolute atomic E-state index is 12.9. The summed E-state index contributed by atoms with van der Waals surface area (Å²) < 4.78 is 0. The second-order valence-corrected chi connectivity index (χ2v) is 7.23. The molecule has 5 rings (SSSR count). The van der Waals surface area contributed by atoms with Crippen LogP contribution in [0.1, 0.15) is 41.0 Å². The molecule has 0 atom stereocenters. The Kier molecular flexibility index (Phi) is 2.46. The first-order chi connectivity index (χ1) is 11.6. The lowest BCUT2D eigenvalue weighted by atomic mass is 9.93. The molecule has 0 radical (unpaired) electrons. The predicted octanol–water partition coefficient (Wildman–Crippen LogP) is 5.45. The first kappa shape index (κ1) is 13.6. The number of H-pyrrole nitrogens is 1. The van der Waals surface area contributed by atoms with Crippen molar-refractivity contribution in [2.45, 2.75) is 13.8 Å². The number of carbonyl (C=O) groups excluding carboxylic acids is 1. The number of ketones is 1. The number of allylic oxidation sites excluding steroid dienone is 2. The number of aromatic amines is 1. The molecule has 24 heavy (non-hydrogen) atoms. The number of carbonyl (C=O) groups is 1. The topological polar surface area (TPSA) is 32.9 Å². The van der Waals surface area contributed by atoms with Crippen molar-refractivity contribution in [3.8, 4) is 11.1 Å². The Hall–Kier alpha value is -2.87. The molecule has 2 aromatic carbocycles. The van der Waals surface area contributed by atoms with Crippen molar-refractivity contribution < 1.29 is 4.79 Å². The van der Waals surface area contributed by atoms with Gasteiger partial charge in [0.15, 0.2) is 5.78 Å². The van der Waals surface area contributed by atoms with Gasteiger partial charge in [-0.05, 0) is 17.2 Å². The van der Waals surface area contributed by atoms with E-state index in [4.69, 9.17) is 0 Å². The molecule has 2 heteroatoms. The molecular weight excluding hydrogens is 294 g/mol. The van der Waals surface area contributed by atoms with E-state index in [1.807, 2.05) is 24.3 Å². The molecule has 1 heterocycles. The summed E-state index contributed by atoms with van der Waals surface area (Å²) in [6, 6.07) is 12.1. The lowest BCUT2D eigenvalue weighted by Crippen LogP contribution is -2.00. The molecule has 0 fully saturated rings. The average molecular weight is 311 g/mol. The summed E-state index contributed by atoms with van der Waals surface area (Å²) in [5.41, 5.74) is 6.91. The number of benzene rings is 2. The van der Waals surface area contributed by atoms with E-state index in [-0.39, 0.29) is 11.2 Å². The average Bonchev–Trinajstić information content (AvgIpc) is 3.02. The van der Waals surface area contributed by atoms with Crippen molar-refractivity contribution in [3.63, 3.8) is 0 Å². The van der Waals surface area contributed by atoms with Gasteiger partial charge in [0.25, 0.3) is 0 Å². The van der Waals surface area contributed by atoms with E-state index in [1.54, 1.807) is 0 Å². The molecule has 0 aliphatic heterocycles. The normalized spacial score (nSPS) is 16.8. The summed E-state index contributed by atoms with van der Waals surface area (Å²) in [7, 11) is 0. The summed E-state index contributed by atoms with van der Waals surface area (Å²) in [6.45, 7) is 4.37. The van der Waals surface area contributed by atoms with Crippen molar-refractivity contribution in [2.75, 3.05) is 0 Å². The Bertz CT molecular complexity index is 1090. The largest absolute Gasteiger partial charge is 0.354 e. The molecular formula is C22H17NO. The smallest absolute Gasteiger partial charge is 0.196 e. The highest BCUT2D eigenvalue weighted by Crippen LogP contribution is 2.42. The van der Waals surface area contributed by atoms with Crippen LogP contribution in [0.2, 0.25) is 0 Å². The molecule has 1 N–H and O–H groups in total. The van der Waals surface area contributed by atoms with Crippen molar-refractivity contribution >= 4 is 28.8 Å². The predicted molar refractivity (Wildman–Crippen MR) is 99.0 cm³/mol. The summed E-state index contributed by atoms with van der Waals surface area (Å²) in [4.78, 5) is 16.4. The van der Waals surface area contributed by atoms with E-state index in [1.165, 1.54) is 5.56 Å². The summed E-state index contributed by atoms with van der Waals surface area (Å²) in [5, 5.41) is 1.11. The molecule has 1 aromatic heterocycles. The van der Waals surface area contributed by atoms with Gasteiger partial charge in [0.1, 0.15) is 0 Å². The van der Waals surface area contributed by atoms with Crippen LogP contribution in [0.3, 0.4) is 0 Å². The number of nitrogens with one attached hydrogen (secondary N) is 1. The fourth-order valence-electron chi connectivity index (χ4n) is 3.78. The standard InChI is InChI=1S/C22H17NO/c1-22(2)11-9-14-16-8-7-15-13-5-3-4-6-17(13)21(24)19(15)20(16)23-18(14)10-12-22/h3-12,23H,1-2H3. The highest BCUT2D eigenvalue weighted by atomic mass is 16.1. The van der Waals surface area contributed by atoms with Crippen LogP contribution in [0.15, 0.2) is 48.6 Å². The van der Waals surface area contributed by atoms with Crippen LogP contribution in [0.5, 0.6) is 0 Å². The zero-order valence-corrected chi connectivity index (χ0v) is 13.7. The van der Waals surface area contributed by atoms with E-state index >= 15 is 0 Å². The van der Waals surface area contributed by atoms with Crippen LogP contribution >= 0.6 is 0 Å². The van der Waals surface area contributed by atoms with Crippen LogP contribution in [0.25, 0.3) is 34.2 Å². The summed E-state index contributed by atoms with van der Waals surface area (Å²) in [5.74, 6) is 0.121. The number of hydrogen-bond donors (Lipinski definition) is 1.